The minimum atomic E-state index is -4.86. The highest BCUT2D eigenvalue weighted by Gasteiger charge is 2.34. The van der Waals surface area contributed by atoms with Crippen LogP contribution in [0.5, 0.6) is 0 Å². The highest BCUT2D eigenvalue weighted by Crippen LogP contribution is 2.33. The van der Waals surface area contributed by atoms with Crippen molar-refractivity contribution in [3.63, 3.8) is 0 Å². The minimum Gasteiger partial charge on any atom is -0.321 e. The Bertz CT molecular complexity index is 957. The predicted molar refractivity (Wildman–Crippen MR) is 87.2 cm³/mol. The van der Waals surface area contributed by atoms with Gasteiger partial charge in [0, 0.05) is 18.1 Å². The Balaban J connectivity index is 1.86. The number of thiazole rings is 1. The summed E-state index contributed by atoms with van der Waals surface area (Å²) in [4.78, 5) is 24.8. The molecule has 2 heterocycles. The fourth-order valence-corrected chi connectivity index (χ4v) is 3.03. The van der Waals surface area contributed by atoms with Crippen LogP contribution >= 0.6 is 11.3 Å². The summed E-state index contributed by atoms with van der Waals surface area (Å²) < 4.78 is 51.6. The molecule has 0 fully saturated rings. The molecule has 0 unspecified atom stereocenters. The zero-order valence-electron chi connectivity index (χ0n) is 13.1. The molecule has 0 aliphatic heterocycles. The molecular weight excluding hydrogens is 372 g/mol. The number of anilines is 1. The van der Waals surface area contributed by atoms with Crippen molar-refractivity contribution in [2.45, 2.75) is 13.1 Å². The molecule has 2 aromatic heterocycles. The lowest BCUT2D eigenvalue weighted by Gasteiger charge is -2.10. The third-order valence-corrected chi connectivity index (χ3v) is 4.44. The van der Waals surface area contributed by atoms with E-state index in [1.807, 2.05) is 0 Å². The number of carbonyl (C=O) groups is 1. The highest BCUT2D eigenvalue weighted by molar-refractivity contribution is 7.17. The largest absolute Gasteiger partial charge is 0.419 e. The molecule has 1 aromatic carbocycles. The second-order valence-electron chi connectivity index (χ2n) is 5.15. The molecule has 1 N–H and O–H groups in total. The molecule has 0 radical (unpaired) electrons. The number of hydrogen-bond donors (Lipinski definition) is 1. The number of nitrogens with one attached hydrogen (secondary N) is 1. The maximum atomic E-state index is 13.3. The Kier molecular flexibility index (Phi) is 4.68. The lowest BCUT2D eigenvalue weighted by atomic mass is 10.1. The second kappa shape index (κ2) is 6.79. The van der Waals surface area contributed by atoms with E-state index >= 15 is 0 Å². The van der Waals surface area contributed by atoms with Gasteiger partial charge in [0.25, 0.3) is 5.91 Å². The maximum absolute atomic E-state index is 13.3. The first-order chi connectivity index (χ1) is 12.3. The van der Waals surface area contributed by atoms with Crippen LogP contribution in [0.1, 0.15) is 20.9 Å². The van der Waals surface area contributed by atoms with Crippen molar-refractivity contribution in [1.29, 1.82) is 0 Å². The van der Waals surface area contributed by atoms with Gasteiger partial charge in [-0.3, -0.25) is 4.79 Å². The van der Waals surface area contributed by atoms with Crippen molar-refractivity contribution in [3.8, 4) is 10.8 Å². The lowest BCUT2D eigenvalue weighted by Crippen LogP contribution is -2.14. The van der Waals surface area contributed by atoms with Gasteiger partial charge in [0.2, 0.25) is 0 Å². The molecule has 0 saturated carbocycles. The Hall–Kier alpha value is -2.88. The Morgan fingerprint density at radius 3 is 2.54 bits per heavy atom. The Morgan fingerprint density at radius 1 is 1.19 bits per heavy atom. The first kappa shape index (κ1) is 17.9. The topological polar surface area (TPSA) is 67.8 Å². The SMILES string of the molecule is Cc1nc(-c2ncccn2)sc1C(=O)Nc1ccc(F)c(C(F)(F)F)c1. The molecule has 0 spiro atoms. The van der Waals surface area contributed by atoms with Crippen molar-refractivity contribution in [2.75, 3.05) is 5.32 Å². The smallest absolute Gasteiger partial charge is 0.321 e. The zero-order chi connectivity index (χ0) is 18.9. The average molecular weight is 382 g/mol. The third kappa shape index (κ3) is 3.69. The van der Waals surface area contributed by atoms with E-state index in [4.69, 9.17) is 0 Å². The first-order valence-electron chi connectivity index (χ1n) is 7.18. The number of hydrogen-bond acceptors (Lipinski definition) is 5. The summed E-state index contributed by atoms with van der Waals surface area (Å²) in [5.41, 5.74) is -1.24. The van der Waals surface area contributed by atoms with Crippen LogP contribution in [0.2, 0.25) is 0 Å². The molecule has 26 heavy (non-hydrogen) atoms. The summed E-state index contributed by atoms with van der Waals surface area (Å²) in [5, 5.41) is 2.73. The summed E-state index contributed by atoms with van der Waals surface area (Å²) in [5.74, 6) is -1.73. The number of nitrogens with zero attached hydrogens (tertiary/aromatic N) is 3. The number of benzene rings is 1. The molecule has 0 aliphatic rings. The average Bonchev–Trinajstić information content (AvgIpc) is 2.98. The van der Waals surface area contributed by atoms with E-state index in [1.54, 1.807) is 13.0 Å². The van der Waals surface area contributed by atoms with Gasteiger partial charge in [-0.1, -0.05) is 0 Å². The molecule has 1 amide bonds. The van der Waals surface area contributed by atoms with Gasteiger partial charge in [-0.25, -0.2) is 19.3 Å². The van der Waals surface area contributed by atoms with Crippen LogP contribution in [0.4, 0.5) is 23.2 Å². The van der Waals surface area contributed by atoms with Crippen LogP contribution in [0, 0.1) is 12.7 Å². The van der Waals surface area contributed by atoms with Crippen molar-refractivity contribution in [2.24, 2.45) is 0 Å². The Morgan fingerprint density at radius 2 is 1.88 bits per heavy atom. The molecule has 0 atom stereocenters. The number of alkyl halides is 3. The van der Waals surface area contributed by atoms with E-state index in [9.17, 15) is 22.4 Å². The van der Waals surface area contributed by atoms with E-state index in [-0.39, 0.29) is 10.6 Å². The predicted octanol–water partition coefficient (Wildman–Crippen LogP) is 4.32. The number of aromatic nitrogens is 3. The number of carbonyl (C=O) groups excluding carboxylic acids is 1. The molecule has 3 rings (SSSR count). The second-order valence-corrected chi connectivity index (χ2v) is 6.15. The zero-order valence-corrected chi connectivity index (χ0v) is 14.0. The summed E-state index contributed by atoms with van der Waals surface area (Å²) in [6, 6.07) is 3.89. The molecule has 5 nitrogen and oxygen atoms in total. The van der Waals surface area contributed by atoms with Gasteiger partial charge in [0.1, 0.15) is 10.7 Å². The summed E-state index contributed by atoms with van der Waals surface area (Å²) in [6.45, 7) is 1.59. The van der Waals surface area contributed by atoms with E-state index in [0.717, 1.165) is 17.4 Å². The fourth-order valence-electron chi connectivity index (χ4n) is 2.12. The van der Waals surface area contributed by atoms with Gasteiger partial charge < -0.3 is 5.32 Å². The summed E-state index contributed by atoms with van der Waals surface area (Å²) >= 11 is 1.01. The third-order valence-electron chi connectivity index (χ3n) is 3.29. The molecule has 3 aromatic rings. The molecule has 10 heteroatoms. The van der Waals surface area contributed by atoms with Crippen molar-refractivity contribution in [3.05, 3.63) is 58.6 Å². The van der Waals surface area contributed by atoms with Crippen LogP contribution in [-0.4, -0.2) is 20.9 Å². The van der Waals surface area contributed by atoms with Crippen LogP contribution in [0.15, 0.2) is 36.7 Å². The number of halogens is 4. The number of rotatable bonds is 3. The molecule has 0 saturated heterocycles. The van der Waals surface area contributed by atoms with Gasteiger partial charge in [-0.15, -0.1) is 11.3 Å². The van der Waals surface area contributed by atoms with Gasteiger partial charge >= 0.3 is 6.18 Å². The van der Waals surface area contributed by atoms with Crippen LogP contribution in [0.3, 0.4) is 0 Å². The van der Waals surface area contributed by atoms with Crippen LogP contribution in [0.25, 0.3) is 10.8 Å². The van der Waals surface area contributed by atoms with Crippen molar-refractivity contribution < 1.29 is 22.4 Å². The van der Waals surface area contributed by atoms with E-state index in [1.165, 1.54) is 12.4 Å². The van der Waals surface area contributed by atoms with Gasteiger partial charge in [0.05, 0.1) is 11.3 Å². The van der Waals surface area contributed by atoms with Crippen molar-refractivity contribution >= 4 is 22.9 Å². The molecule has 0 bridgehead atoms. The van der Waals surface area contributed by atoms with Gasteiger partial charge in [0.15, 0.2) is 10.8 Å². The fraction of sp³-hybridized carbons (Fsp3) is 0.125. The molecular formula is C16H10F4N4OS. The normalized spacial score (nSPS) is 11.4. The number of aryl methyl sites for hydroxylation is 1. The lowest BCUT2D eigenvalue weighted by molar-refractivity contribution is -0.139. The number of amides is 1. The van der Waals surface area contributed by atoms with Crippen molar-refractivity contribution in [1.82, 2.24) is 15.0 Å². The van der Waals surface area contributed by atoms with E-state index in [2.05, 4.69) is 20.3 Å². The Labute approximate surface area is 148 Å². The van der Waals surface area contributed by atoms with E-state index in [0.29, 0.717) is 28.7 Å². The first-order valence-corrected chi connectivity index (χ1v) is 8.00. The molecule has 134 valence electrons. The quantitative estimate of drug-likeness (QED) is 0.685. The standard InChI is InChI=1S/C16H10F4N4OS/c1-8-12(26-15(23-8)13-21-5-2-6-22-13)14(25)24-9-3-4-11(17)10(7-9)16(18,19)20/h2-7H,1H3,(H,24,25). The summed E-state index contributed by atoms with van der Waals surface area (Å²) in [7, 11) is 0. The van der Waals surface area contributed by atoms with Gasteiger partial charge in [-0.2, -0.15) is 13.2 Å². The maximum Gasteiger partial charge on any atom is 0.419 e. The van der Waals surface area contributed by atoms with Gasteiger partial charge in [-0.05, 0) is 31.2 Å². The minimum absolute atomic E-state index is 0.172. The highest BCUT2D eigenvalue weighted by atomic mass is 32.1. The van der Waals surface area contributed by atoms with Crippen LogP contribution < -0.4 is 5.32 Å². The molecule has 0 aliphatic carbocycles. The van der Waals surface area contributed by atoms with E-state index < -0.39 is 23.5 Å². The monoisotopic (exact) mass is 382 g/mol. The van der Waals surface area contributed by atoms with Crippen LogP contribution in [-0.2, 0) is 6.18 Å². The summed E-state index contributed by atoms with van der Waals surface area (Å²) in [6.07, 6.45) is -1.81.